The number of nitrogen functional groups attached to an aromatic ring is 1. The molecular formula is C13H15F3N2O. The summed E-state index contributed by atoms with van der Waals surface area (Å²) in [5.74, 6) is -0.142. The van der Waals surface area contributed by atoms with E-state index in [1.807, 2.05) is 0 Å². The fraction of sp³-hybridized carbons (Fsp3) is 0.308. The second-order valence-corrected chi connectivity index (χ2v) is 4.06. The van der Waals surface area contributed by atoms with Gasteiger partial charge in [-0.05, 0) is 30.2 Å². The Morgan fingerprint density at radius 2 is 2.05 bits per heavy atom. The van der Waals surface area contributed by atoms with E-state index >= 15 is 0 Å². The van der Waals surface area contributed by atoms with Crippen LogP contribution in [0.25, 0.3) is 6.08 Å². The van der Waals surface area contributed by atoms with Crippen LogP contribution in [0.15, 0.2) is 24.3 Å². The van der Waals surface area contributed by atoms with Crippen molar-refractivity contribution in [2.75, 3.05) is 12.3 Å². The number of alkyl halides is 3. The zero-order valence-electron chi connectivity index (χ0n) is 10.4. The first-order valence-corrected chi connectivity index (χ1v) is 5.68. The molecule has 1 rings (SSSR count). The third kappa shape index (κ3) is 5.46. The standard InChI is InChI=1S/C13H15F3N2O/c1-9(19)18-5-3-2-4-10-6-11(13(14,15)16)8-12(17)7-10/h2,4,6-8H,3,5,17H2,1H3,(H,18,19). The molecule has 0 aromatic heterocycles. The van der Waals surface area contributed by atoms with E-state index in [1.165, 1.54) is 13.0 Å². The molecule has 6 heteroatoms. The second kappa shape index (κ2) is 6.26. The van der Waals surface area contributed by atoms with E-state index in [1.54, 1.807) is 12.2 Å². The number of carbonyl (C=O) groups excluding carboxylic acids is 1. The lowest BCUT2D eigenvalue weighted by molar-refractivity contribution is -0.137. The summed E-state index contributed by atoms with van der Waals surface area (Å²) in [6, 6.07) is 3.39. The van der Waals surface area contributed by atoms with Crippen molar-refractivity contribution in [1.29, 1.82) is 0 Å². The minimum atomic E-state index is -4.41. The monoisotopic (exact) mass is 272 g/mol. The number of halogens is 3. The maximum absolute atomic E-state index is 12.6. The number of hydrogen-bond acceptors (Lipinski definition) is 2. The van der Waals surface area contributed by atoms with Gasteiger partial charge in [0.05, 0.1) is 5.56 Å². The molecule has 0 bridgehead atoms. The molecule has 0 atom stereocenters. The Balaban J connectivity index is 2.71. The summed E-state index contributed by atoms with van der Waals surface area (Å²) in [4.78, 5) is 10.6. The number of anilines is 1. The third-order valence-electron chi connectivity index (χ3n) is 2.30. The van der Waals surface area contributed by atoms with Crippen molar-refractivity contribution in [2.45, 2.75) is 19.5 Å². The van der Waals surface area contributed by atoms with E-state index < -0.39 is 11.7 Å². The Hall–Kier alpha value is -1.98. The van der Waals surface area contributed by atoms with Gasteiger partial charge in [-0.2, -0.15) is 13.2 Å². The SMILES string of the molecule is CC(=O)NCCC=Cc1cc(N)cc(C(F)(F)F)c1. The largest absolute Gasteiger partial charge is 0.416 e. The zero-order valence-corrected chi connectivity index (χ0v) is 10.4. The van der Waals surface area contributed by atoms with Gasteiger partial charge in [-0.15, -0.1) is 0 Å². The Labute approximate surface area is 109 Å². The quantitative estimate of drug-likeness (QED) is 0.654. The second-order valence-electron chi connectivity index (χ2n) is 4.06. The molecule has 0 heterocycles. The molecule has 0 fully saturated rings. The molecular weight excluding hydrogens is 257 g/mol. The first-order chi connectivity index (χ1) is 8.79. The van der Waals surface area contributed by atoms with Crippen LogP contribution in [-0.2, 0) is 11.0 Å². The number of rotatable bonds is 4. The van der Waals surface area contributed by atoms with Gasteiger partial charge in [-0.25, -0.2) is 0 Å². The normalized spacial score (nSPS) is 11.8. The average Bonchev–Trinajstić information content (AvgIpc) is 2.26. The van der Waals surface area contributed by atoms with Gasteiger partial charge in [0.25, 0.3) is 0 Å². The molecule has 104 valence electrons. The number of nitrogens with two attached hydrogens (primary N) is 1. The lowest BCUT2D eigenvalue weighted by atomic mass is 10.1. The molecule has 0 aliphatic heterocycles. The van der Waals surface area contributed by atoms with Crippen molar-refractivity contribution >= 4 is 17.7 Å². The van der Waals surface area contributed by atoms with Crippen molar-refractivity contribution < 1.29 is 18.0 Å². The van der Waals surface area contributed by atoms with Crippen LogP contribution in [0, 0.1) is 0 Å². The van der Waals surface area contributed by atoms with Crippen LogP contribution in [0.5, 0.6) is 0 Å². The molecule has 0 saturated carbocycles. The van der Waals surface area contributed by atoms with Crippen molar-refractivity contribution in [3.63, 3.8) is 0 Å². The highest BCUT2D eigenvalue weighted by Crippen LogP contribution is 2.31. The topological polar surface area (TPSA) is 55.1 Å². The molecule has 3 N–H and O–H groups in total. The van der Waals surface area contributed by atoms with E-state index in [0.29, 0.717) is 18.5 Å². The van der Waals surface area contributed by atoms with Gasteiger partial charge in [0.2, 0.25) is 5.91 Å². The van der Waals surface area contributed by atoms with Gasteiger partial charge in [-0.1, -0.05) is 12.2 Å². The third-order valence-corrected chi connectivity index (χ3v) is 2.30. The van der Waals surface area contributed by atoms with E-state index in [9.17, 15) is 18.0 Å². The molecule has 0 unspecified atom stereocenters. The van der Waals surface area contributed by atoms with Crippen LogP contribution < -0.4 is 11.1 Å². The Morgan fingerprint density at radius 1 is 1.37 bits per heavy atom. The van der Waals surface area contributed by atoms with Crippen LogP contribution in [-0.4, -0.2) is 12.5 Å². The molecule has 0 aliphatic carbocycles. The predicted octanol–water partition coefficient (Wildman–Crippen LogP) is 2.83. The number of amides is 1. The van der Waals surface area contributed by atoms with Crippen molar-refractivity contribution in [3.05, 3.63) is 35.4 Å². The number of hydrogen-bond donors (Lipinski definition) is 2. The highest BCUT2D eigenvalue weighted by Gasteiger charge is 2.30. The number of benzene rings is 1. The van der Waals surface area contributed by atoms with E-state index in [4.69, 9.17) is 5.73 Å². The fourth-order valence-corrected chi connectivity index (χ4v) is 1.49. The van der Waals surface area contributed by atoms with Crippen molar-refractivity contribution in [1.82, 2.24) is 5.32 Å². The molecule has 1 aromatic carbocycles. The van der Waals surface area contributed by atoms with E-state index in [0.717, 1.165) is 12.1 Å². The summed E-state index contributed by atoms with van der Waals surface area (Å²) < 4.78 is 37.7. The Morgan fingerprint density at radius 3 is 2.63 bits per heavy atom. The molecule has 0 aliphatic rings. The Bertz CT molecular complexity index is 481. The van der Waals surface area contributed by atoms with Crippen LogP contribution in [0.1, 0.15) is 24.5 Å². The van der Waals surface area contributed by atoms with Crippen molar-refractivity contribution in [2.24, 2.45) is 0 Å². The molecule has 0 saturated heterocycles. The molecule has 3 nitrogen and oxygen atoms in total. The molecule has 19 heavy (non-hydrogen) atoms. The minimum absolute atomic E-state index is 0.0661. The lowest BCUT2D eigenvalue weighted by Gasteiger charge is -2.08. The maximum atomic E-state index is 12.6. The van der Waals surface area contributed by atoms with Gasteiger partial charge in [-0.3, -0.25) is 4.79 Å². The Kier molecular flexibility index (Phi) is 4.97. The summed E-state index contributed by atoms with van der Waals surface area (Å²) in [5, 5.41) is 2.58. The summed E-state index contributed by atoms with van der Waals surface area (Å²) >= 11 is 0. The summed E-state index contributed by atoms with van der Waals surface area (Å²) in [6.07, 6.45) is -0.637. The summed E-state index contributed by atoms with van der Waals surface area (Å²) in [5.41, 5.74) is 5.12. The highest BCUT2D eigenvalue weighted by atomic mass is 19.4. The summed E-state index contributed by atoms with van der Waals surface area (Å²) in [7, 11) is 0. The van der Waals surface area contributed by atoms with Crippen LogP contribution in [0.3, 0.4) is 0 Å². The average molecular weight is 272 g/mol. The fourth-order valence-electron chi connectivity index (χ4n) is 1.49. The van der Waals surface area contributed by atoms with Gasteiger partial charge >= 0.3 is 6.18 Å². The maximum Gasteiger partial charge on any atom is 0.416 e. The van der Waals surface area contributed by atoms with Crippen molar-refractivity contribution in [3.8, 4) is 0 Å². The number of carbonyl (C=O) groups is 1. The first-order valence-electron chi connectivity index (χ1n) is 5.68. The van der Waals surface area contributed by atoms with Gasteiger partial charge in [0, 0.05) is 19.2 Å². The van der Waals surface area contributed by atoms with Gasteiger partial charge in [0.1, 0.15) is 0 Å². The van der Waals surface area contributed by atoms with E-state index in [-0.39, 0.29) is 11.6 Å². The smallest absolute Gasteiger partial charge is 0.399 e. The van der Waals surface area contributed by atoms with Crippen LogP contribution in [0.4, 0.5) is 18.9 Å². The van der Waals surface area contributed by atoms with Gasteiger partial charge in [0.15, 0.2) is 0 Å². The summed E-state index contributed by atoms with van der Waals surface area (Å²) in [6.45, 7) is 1.84. The first kappa shape index (κ1) is 15.1. The number of nitrogens with one attached hydrogen (secondary N) is 1. The van der Waals surface area contributed by atoms with Crippen LogP contribution in [0.2, 0.25) is 0 Å². The molecule has 0 radical (unpaired) electrons. The van der Waals surface area contributed by atoms with Crippen LogP contribution >= 0.6 is 0 Å². The predicted molar refractivity (Wildman–Crippen MR) is 68.2 cm³/mol. The molecule has 1 amide bonds. The lowest BCUT2D eigenvalue weighted by Crippen LogP contribution is -2.20. The zero-order chi connectivity index (χ0) is 14.5. The molecule has 0 spiro atoms. The molecule has 1 aromatic rings. The minimum Gasteiger partial charge on any atom is -0.399 e. The highest BCUT2D eigenvalue weighted by molar-refractivity contribution is 5.72. The van der Waals surface area contributed by atoms with Gasteiger partial charge < -0.3 is 11.1 Å². The van der Waals surface area contributed by atoms with E-state index in [2.05, 4.69) is 5.32 Å².